The topological polar surface area (TPSA) is 89.0 Å². The SMILES string of the molecule is COc1ccc(NC(=O)c2nc(C(F)(F)F)cnc2Nc2ccc(F)cc2C)c(C)n1. The lowest BCUT2D eigenvalue weighted by Gasteiger charge is -2.15. The molecule has 3 rings (SSSR count). The van der Waals surface area contributed by atoms with Crippen molar-refractivity contribution < 1.29 is 27.1 Å². The molecule has 0 fully saturated rings. The second kappa shape index (κ2) is 8.54. The summed E-state index contributed by atoms with van der Waals surface area (Å²) < 4.78 is 57.8. The van der Waals surface area contributed by atoms with Crippen LogP contribution in [0.1, 0.15) is 27.4 Å². The van der Waals surface area contributed by atoms with Crippen molar-refractivity contribution in [2.24, 2.45) is 0 Å². The highest BCUT2D eigenvalue weighted by molar-refractivity contribution is 6.06. The van der Waals surface area contributed by atoms with Crippen molar-refractivity contribution in [3.63, 3.8) is 0 Å². The summed E-state index contributed by atoms with van der Waals surface area (Å²) in [6.07, 6.45) is -4.29. The molecular weight excluding hydrogens is 418 g/mol. The van der Waals surface area contributed by atoms with Crippen molar-refractivity contribution in [2.75, 3.05) is 17.7 Å². The molecule has 0 atom stereocenters. The van der Waals surface area contributed by atoms with Crippen molar-refractivity contribution in [3.05, 3.63) is 65.0 Å². The summed E-state index contributed by atoms with van der Waals surface area (Å²) >= 11 is 0. The van der Waals surface area contributed by atoms with Gasteiger partial charge < -0.3 is 15.4 Å². The van der Waals surface area contributed by atoms with Crippen molar-refractivity contribution in [3.8, 4) is 5.88 Å². The van der Waals surface area contributed by atoms with E-state index in [2.05, 4.69) is 25.6 Å². The quantitative estimate of drug-likeness (QED) is 0.567. The number of benzene rings is 1. The molecule has 0 radical (unpaired) electrons. The lowest BCUT2D eigenvalue weighted by molar-refractivity contribution is -0.141. The minimum Gasteiger partial charge on any atom is -0.481 e. The van der Waals surface area contributed by atoms with E-state index in [1.165, 1.54) is 37.4 Å². The number of methoxy groups -OCH3 is 1. The van der Waals surface area contributed by atoms with E-state index < -0.39 is 29.3 Å². The van der Waals surface area contributed by atoms with Crippen LogP contribution in [-0.2, 0) is 6.18 Å². The number of halogens is 4. The first-order valence-corrected chi connectivity index (χ1v) is 8.89. The van der Waals surface area contributed by atoms with Crippen LogP contribution in [0.2, 0.25) is 0 Å². The second-order valence-electron chi connectivity index (χ2n) is 6.48. The van der Waals surface area contributed by atoms with Gasteiger partial charge in [0.2, 0.25) is 5.88 Å². The number of hydrogen-bond acceptors (Lipinski definition) is 6. The van der Waals surface area contributed by atoms with Crippen LogP contribution in [0.15, 0.2) is 36.5 Å². The zero-order valence-corrected chi connectivity index (χ0v) is 16.6. The maximum atomic E-state index is 13.4. The van der Waals surface area contributed by atoms with Crippen LogP contribution in [-0.4, -0.2) is 28.0 Å². The number of amides is 1. The monoisotopic (exact) mass is 435 g/mol. The van der Waals surface area contributed by atoms with Gasteiger partial charge in [-0.25, -0.2) is 19.3 Å². The molecule has 162 valence electrons. The van der Waals surface area contributed by atoms with Gasteiger partial charge in [0.25, 0.3) is 5.91 Å². The predicted octanol–water partition coefficient (Wildman–Crippen LogP) is 4.65. The maximum Gasteiger partial charge on any atom is 0.434 e. The predicted molar refractivity (Wildman–Crippen MR) is 105 cm³/mol. The fraction of sp³-hybridized carbons (Fsp3) is 0.200. The van der Waals surface area contributed by atoms with Gasteiger partial charge >= 0.3 is 6.18 Å². The van der Waals surface area contributed by atoms with Crippen molar-refractivity contribution in [1.29, 1.82) is 0 Å². The molecule has 0 bridgehead atoms. The molecule has 0 saturated carbocycles. The van der Waals surface area contributed by atoms with E-state index >= 15 is 0 Å². The van der Waals surface area contributed by atoms with Crippen LogP contribution >= 0.6 is 0 Å². The third kappa shape index (κ3) is 5.05. The minimum atomic E-state index is -4.80. The number of carbonyl (C=O) groups is 1. The Morgan fingerprint density at radius 3 is 2.39 bits per heavy atom. The number of aryl methyl sites for hydroxylation is 2. The average molecular weight is 435 g/mol. The summed E-state index contributed by atoms with van der Waals surface area (Å²) in [5.41, 5.74) is -0.460. The van der Waals surface area contributed by atoms with E-state index in [0.717, 1.165) is 0 Å². The molecule has 0 aliphatic rings. The highest BCUT2D eigenvalue weighted by Gasteiger charge is 2.34. The van der Waals surface area contributed by atoms with E-state index in [1.807, 2.05) is 0 Å². The highest BCUT2D eigenvalue weighted by Crippen LogP contribution is 2.30. The number of anilines is 3. The fourth-order valence-electron chi connectivity index (χ4n) is 2.64. The molecule has 1 amide bonds. The number of rotatable bonds is 5. The summed E-state index contributed by atoms with van der Waals surface area (Å²) in [4.78, 5) is 24.1. The Morgan fingerprint density at radius 2 is 1.77 bits per heavy atom. The maximum absolute atomic E-state index is 13.4. The first-order valence-electron chi connectivity index (χ1n) is 8.89. The number of carbonyl (C=O) groups excluding carboxylic acids is 1. The summed E-state index contributed by atoms with van der Waals surface area (Å²) in [6.45, 7) is 3.19. The highest BCUT2D eigenvalue weighted by atomic mass is 19.4. The average Bonchev–Trinajstić information content (AvgIpc) is 2.70. The Kier molecular flexibility index (Phi) is 6.04. The van der Waals surface area contributed by atoms with E-state index in [0.29, 0.717) is 29.0 Å². The lowest BCUT2D eigenvalue weighted by atomic mass is 10.2. The molecule has 0 saturated heterocycles. The Bertz CT molecular complexity index is 1140. The third-order valence-electron chi connectivity index (χ3n) is 4.24. The van der Waals surface area contributed by atoms with E-state index in [4.69, 9.17) is 4.74 Å². The van der Waals surface area contributed by atoms with Gasteiger partial charge in [0.15, 0.2) is 17.2 Å². The second-order valence-corrected chi connectivity index (χ2v) is 6.48. The third-order valence-corrected chi connectivity index (χ3v) is 4.24. The molecule has 0 aliphatic carbocycles. The molecular formula is C20H17F4N5O2. The first-order chi connectivity index (χ1) is 14.6. The molecule has 11 heteroatoms. The largest absolute Gasteiger partial charge is 0.481 e. The summed E-state index contributed by atoms with van der Waals surface area (Å²) in [5, 5.41) is 5.22. The van der Waals surface area contributed by atoms with Crippen LogP contribution in [0.5, 0.6) is 5.88 Å². The fourth-order valence-corrected chi connectivity index (χ4v) is 2.64. The number of nitrogens with one attached hydrogen (secondary N) is 2. The van der Waals surface area contributed by atoms with E-state index in [-0.39, 0.29) is 11.5 Å². The van der Waals surface area contributed by atoms with Gasteiger partial charge in [0, 0.05) is 11.8 Å². The van der Waals surface area contributed by atoms with Crippen molar-refractivity contribution in [2.45, 2.75) is 20.0 Å². The van der Waals surface area contributed by atoms with Gasteiger partial charge in [-0.3, -0.25) is 4.79 Å². The van der Waals surface area contributed by atoms with Gasteiger partial charge in [-0.05, 0) is 43.7 Å². The van der Waals surface area contributed by atoms with Crippen LogP contribution in [0, 0.1) is 19.7 Å². The van der Waals surface area contributed by atoms with Gasteiger partial charge in [-0.2, -0.15) is 13.2 Å². The minimum absolute atomic E-state index is 0.223. The molecule has 0 spiro atoms. The number of ether oxygens (including phenoxy) is 1. The number of nitrogens with zero attached hydrogens (tertiary/aromatic N) is 3. The van der Waals surface area contributed by atoms with Crippen LogP contribution in [0.3, 0.4) is 0 Å². The molecule has 3 aromatic rings. The molecule has 2 aromatic heterocycles. The normalized spacial score (nSPS) is 11.2. The smallest absolute Gasteiger partial charge is 0.434 e. The molecule has 0 aliphatic heterocycles. The van der Waals surface area contributed by atoms with Crippen LogP contribution in [0.25, 0.3) is 0 Å². The summed E-state index contributed by atoms with van der Waals surface area (Å²) in [5.74, 6) is -1.33. The Labute approximate surface area is 174 Å². The van der Waals surface area contributed by atoms with Crippen molar-refractivity contribution in [1.82, 2.24) is 15.0 Å². The Balaban J connectivity index is 2.00. The van der Waals surface area contributed by atoms with Crippen LogP contribution in [0.4, 0.5) is 34.8 Å². The zero-order valence-electron chi connectivity index (χ0n) is 16.6. The van der Waals surface area contributed by atoms with E-state index in [1.54, 1.807) is 13.8 Å². The van der Waals surface area contributed by atoms with Gasteiger partial charge in [0.1, 0.15) is 5.82 Å². The molecule has 0 unspecified atom stereocenters. The molecule has 31 heavy (non-hydrogen) atoms. The van der Waals surface area contributed by atoms with Gasteiger partial charge in [-0.15, -0.1) is 0 Å². The summed E-state index contributed by atoms with van der Waals surface area (Å²) in [6, 6.07) is 6.76. The number of alkyl halides is 3. The van der Waals surface area contributed by atoms with Crippen LogP contribution < -0.4 is 15.4 Å². The van der Waals surface area contributed by atoms with Crippen molar-refractivity contribution >= 4 is 23.1 Å². The molecule has 2 N–H and O–H groups in total. The Morgan fingerprint density at radius 1 is 1.06 bits per heavy atom. The van der Waals surface area contributed by atoms with Gasteiger partial charge in [-0.1, -0.05) is 0 Å². The van der Waals surface area contributed by atoms with Gasteiger partial charge in [0.05, 0.1) is 24.7 Å². The molecule has 2 heterocycles. The number of pyridine rings is 1. The zero-order chi connectivity index (χ0) is 22.8. The standard InChI is InChI=1S/C20H17F4N5O2/c1-10-8-12(21)4-5-13(10)27-18-17(29-15(9-25-18)20(22,23)24)19(30)28-14-6-7-16(31-3)26-11(14)2/h4-9H,1-3H3,(H,25,27)(H,28,30). The number of hydrogen-bond donors (Lipinski definition) is 2. The number of aromatic nitrogens is 3. The molecule has 1 aromatic carbocycles. The molecule has 7 nitrogen and oxygen atoms in total. The van der Waals surface area contributed by atoms with E-state index in [9.17, 15) is 22.4 Å². The Hall–Kier alpha value is -3.76. The lowest BCUT2D eigenvalue weighted by Crippen LogP contribution is -2.20. The first kappa shape index (κ1) is 21.9. The summed E-state index contributed by atoms with van der Waals surface area (Å²) in [7, 11) is 1.42.